The number of rotatable bonds is 2. The molecular weight excluding hydrogens is 169 g/mol. The van der Waals surface area contributed by atoms with Gasteiger partial charge in [0.1, 0.15) is 5.75 Å². The lowest BCUT2D eigenvalue weighted by atomic mass is 10.3. The normalized spacial score (nSPS) is 15.1. The minimum atomic E-state index is -2.45. The Morgan fingerprint density at radius 3 is 2.83 bits per heavy atom. The number of methoxy groups -OCH3 is 1. The van der Waals surface area contributed by atoms with Crippen LogP contribution in [-0.2, 0) is 0 Å². The van der Waals surface area contributed by atoms with Gasteiger partial charge in [0.2, 0.25) is 0 Å². The highest BCUT2D eigenvalue weighted by Crippen LogP contribution is 2.28. The predicted molar refractivity (Wildman–Crippen MR) is 55.8 cm³/mol. The molecule has 0 unspecified atom stereocenters. The van der Waals surface area contributed by atoms with E-state index in [1.54, 1.807) is 12.1 Å². The summed E-state index contributed by atoms with van der Waals surface area (Å²) >= 11 is 0. The summed E-state index contributed by atoms with van der Waals surface area (Å²) in [5.41, 5.74) is 5.98. The van der Waals surface area contributed by atoms with Gasteiger partial charge < -0.3 is 10.5 Å². The number of ether oxygens (including phenoxy) is 1. The van der Waals surface area contributed by atoms with Gasteiger partial charge in [-0.15, -0.1) is 0 Å². The molecule has 0 atom stereocenters. The molecule has 0 aliphatic carbocycles. The smallest absolute Gasteiger partial charge is 0.142 e. The van der Waals surface area contributed by atoms with Crippen molar-refractivity contribution in [2.75, 3.05) is 26.1 Å². The molecule has 0 radical (unpaired) electrons. The molecule has 0 aliphatic rings. The van der Waals surface area contributed by atoms with Gasteiger partial charge in [0, 0.05) is 0 Å². The molecule has 0 spiro atoms. The molecule has 1 aromatic carbocycles. The Balaban J connectivity index is 3.01. The van der Waals surface area contributed by atoms with Crippen molar-refractivity contribution < 1.29 is 8.85 Å². The van der Waals surface area contributed by atoms with Crippen LogP contribution in [0.3, 0.4) is 0 Å². The highest BCUT2D eigenvalue weighted by Gasteiger charge is 2.02. The van der Waals surface area contributed by atoms with Crippen molar-refractivity contribution in [1.29, 1.82) is 0 Å². The molecule has 0 aliphatic heterocycles. The molecule has 1 rings (SSSR count). The molecule has 2 nitrogen and oxygen atoms in total. The lowest BCUT2D eigenvalue weighted by Crippen LogP contribution is -2.02. The van der Waals surface area contributed by atoms with Crippen molar-refractivity contribution in [1.82, 2.24) is 0 Å². The maximum absolute atomic E-state index is 7.00. The fourth-order valence-corrected chi connectivity index (χ4v) is 1.64. The van der Waals surface area contributed by atoms with Gasteiger partial charge in [-0.2, -0.15) is 0 Å². The second kappa shape index (κ2) is 3.77. The monoisotopic (exact) mass is 186 g/mol. The summed E-state index contributed by atoms with van der Waals surface area (Å²) < 4.78 is 25.8. The molecule has 1 aromatic rings. The maximum atomic E-state index is 7.00. The molecule has 0 heterocycles. The summed E-state index contributed by atoms with van der Waals surface area (Å²) in [4.78, 5) is 0. The summed E-state index contributed by atoms with van der Waals surface area (Å²) in [5, 5.41) is 1.07. The number of hydrogen-bond donors (Lipinski definition) is 1. The average Bonchev–Trinajstić information content (AvgIpc) is 2.06. The molecule has 0 bridgehead atoms. The summed E-state index contributed by atoms with van der Waals surface area (Å²) in [7, 11) is -2.73. The Kier molecular flexibility index (Phi) is 1.83. The van der Waals surface area contributed by atoms with E-state index in [0.29, 0.717) is 5.69 Å². The van der Waals surface area contributed by atoms with E-state index in [4.69, 9.17) is 14.6 Å². The molecule has 3 heteroatoms. The highest BCUT2D eigenvalue weighted by atomic mass is 31.1. The fraction of sp³-hybridized carbons (Fsp3) is 0.333. The van der Waals surface area contributed by atoms with Gasteiger partial charge in [0.05, 0.1) is 16.8 Å². The number of hydrogen-bond acceptors (Lipinski definition) is 2. The average molecular weight is 186 g/mol. The van der Waals surface area contributed by atoms with E-state index in [-0.39, 0.29) is 13.7 Å². The topological polar surface area (TPSA) is 35.2 Å². The van der Waals surface area contributed by atoms with Crippen molar-refractivity contribution in [2.24, 2.45) is 0 Å². The lowest BCUT2D eigenvalue weighted by Gasteiger charge is -2.09. The van der Waals surface area contributed by atoms with Crippen LogP contribution in [-0.4, -0.2) is 20.4 Å². The van der Waals surface area contributed by atoms with Gasteiger partial charge in [0.25, 0.3) is 0 Å². The molecule has 0 fully saturated rings. The Labute approximate surface area is 78.7 Å². The number of benzene rings is 1. The molecule has 0 saturated heterocycles. The van der Waals surface area contributed by atoms with Crippen molar-refractivity contribution in [3.8, 4) is 5.75 Å². The van der Waals surface area contributed by atoms with Crippen LogP contribution in [0.1, 0.15) is 4.11 Å². The second-order valence-corrected chi connectivity index (χ2v) is 5.02. The Bertz CT molecular complexity index is 352. The van der Waals surface area contributed by atoms with Gasteiger partial charge in [-0.1, -0.05) is 14.0 Å². The van der Waals surface area contributed by atoms with Crippen molar-refractivity contribution in [3.05, 3.63) is 18.2 Å². The second-order valence-electron chi connectivity index (χ2n) is 2.72. The quantitative estimate of drug-likeness (QED) is 0.563. The van der Waals surface area contributed by atoms with E-state index in [0.717, 1.165) is 5.30 Å². The van der Waals surface area contributed by atoms with E-state index in [1.165, 1.54) is 0 Å². The predicted octanol–water partition coefficient (Wildman–Crippen LogP) is 1.64. The molecule has 12 heavy (non-hydrogen) atoms. The first-order chi connectivity index (χ1) is 6.79. The van der Waals surface area contributed by atoms with Crippen LogP contribution in [0.5, 0.6) is 5.75 Å². The van der Waals surface area contributed by atoms with E-state index in [9.17, 15) is 0 Å². The van der Waals surface area contributed by atoms with Gasteiger partial charge in [-0.3, -0.25) is 0 Å². The Morgan fingerprint density at radius 1 is 1.50 bits per heavy atom. The fourth-order valence-electron chi connectivity index (χ4n) is 0.890. The van der Waals surface area contributed by atoms with Crippen LogP contribution in [0, 0.1) is 0 Å². The van der Waals surface area contributed by atoms with Gasteiger partial charge in [-0.05, 0) is 30.8 Å². The van der Waals surface area contributed by atoms with Crippen LogP contribution in [0.25, 0.3) is 0 Å². The van der Waals surface area contributed by atoms with Crippen molar-refractivity contribution >= 4 is 18.9 Å². The first kappa shape index (κ1) is 5.82. The third kappa shape index (κ3) is 1.89. The SMILES string of the molecule is [2H]C([2H])([2H])Oc1cc(P(C)C)ccc1N. The van der Waals surface area contributed by atoms with Crippen LogP contribution in [0.2, 0.25) is 0 Å². The van der Waals surface area contributed by atoms with Gasteiger partial charge in [0.15, 0.2) is 0 Å². The molecule has 2 N–H and O–H groups in total. The van der Waals surface area contributed by atoms with Crippen LogP contribution >= 0.6 is 7.92 Å². The summed E-state index contributed by atoms with van der Waals surface area (Å²) in [6, 6.07) is 5.28. The zero-order valence-corrected chi connectivity index (χ0v) is 8.06. The van der Waals surface area contributed by atoms with Crippen LogP contribution in [0.15, 0.2) is 18.2 Å². The third-order valence-corrected chi connectivity index (χ3v) is 2.93. The maximum Gasteiger partial charge on any atom is 0.142 e. The summed E-state index contributed by atoms with van der Waals surface area (Å²) in [6.07, 6.45) is 0. The molecule has 0 amide bonds. The van der Waals surface area contributed by atoms with E-state index < -0.39 is 7.04 Å². The summed E-state index contributed by atoms with van der Waals surface area (Å²) in [6.45, 7) is 4.17. The Hall–Kier alpha value is -0.750. The first-order valence-electron chi connectivity index (χ1n) is 5.05. The van der Waals surface area contributed by atoms with Crippen LogP contribution in [0.4, 0.5) is 5.69 Å². The first-order valence-corrected chi connectivity index (χ1v) is 5.79. The molecule has 0 aromatic heterocycles. The number of nitrogen functional groups attached to an aromatic ring is 1. The highest BCUT2D eigenvalue weighted by molar-refractivity contribution is 7.64. The van der Waals surface area contributed by atoms with E-state index >= 15 is 0 Å². The zero-order valence-electron chi connectivity index (χ0n) is 10.2. The van der Waals surface area contributed by atoms with Crippen molar-refractivity contribution in [3.63, 3.8) is 0 Å². The molecule has 66 valence electrons. The molecular formula is C9H14NOP. The lowest BCUT2D eigenvalue weighted by molar-refractivity contribution is 0.417. The standard InChI is InChI=1S/C9H14NOP/c1-11-9-6-7(12(2)3)4-5-8(9)10/h4-6H,10H2,1-3H3/i1D3. The van der Waals surface area contributed by atoms with E-state index in [2.05, 4.69) is 13.3 Å². The summed E-state index contributed by atoms with van der Waals surface area (Å²) in [5.74, 6) is 0.240. The van der Waals surface area contributed by atoms with Crippen molar-refractivity contribution in [2.45, 2.75) is 0 Å². The Morgan fingerprint density at radius 2 is 2.25 bits per heavy atom. The third-order valence-electron chi connectivity index (χ3n) is 1.62. The van der Waals surface area contributed by atoms with Gasteiger partial charge >= 0.3 is 0 Å². The number of nitrogens with two attached hydrogens (primary N) is 1. The van der Waals surface area contributed by atoms with Crippen LogP contribution < -0.4 is 15.8 Å². The zero-order chi connectivity index (χ0) is 11.6. The van der Waals surface area contributed by atoms with E-state index in [1.807, 2.05) is 6.07 Å². The minimum absolute atomic E-state index is 0.240. The molecule has 0 saturated carbocycles. The largest absolute Gasteiger partial charge is 0.495 e. The number of anilines is 1. The minimum Gasteiger partial charge on any atom is -0.495 e. The van der Waals surface area contributed by atoms with Gasteiger partial charge in [-0.25, -0.2) is 0 Å².